The lowest BCUT2D eigenvalue weighted by molar-refractivity contribution is -0.121. The number of benzene rings is 1. The number of amides is 1. The highest BCUT2D eigenvalue weighted by atomic mass is 32.2. The van der Waals surface area contributed by atoms with Crippen molar-refractivity contribution in [1.82, 2.24) is 14.9 Å². The fourth-order valence-electron chi connectivity index (χ4n) is 2.03. The van der Waals surface area contributed by atoms with Crippen molar-refractivity contribution < 1.29 is 4.79 Å². The van der Waals surface area contributed by atoms with Crippen LogP contribution in [0.25, 0.3) is 0 Å². The highest BCUT2D eigenvalue weighted by Crippen LogP contribution is 2.20. The number of rotatable bonds is 6. The van der Waals surface area contributed by atoms with Gasteiger partial charge in [0.1, 0.15) is 11.9 Å². The zero-order valence-electron chi connectivity index (χ0n) is 11.7. The molecule has 1 N–H and O–H groups in total. The fourth-order valence-corrected chi connectivity index (χ4v) is 2.42. The number of hydrogen-bond donors (Lipinski definition) is 1. The summed E-state index contributed by atoms with van der Waals surface area (Å²) in [6.45, 7) is 0. The normalized spacial score (nSPS) is 12.1. The highest BCUT2D eigenvalue weighted by Gasteiger charge is 2.20. The second-order valence-corrected chi connectivity index (χ2v) is 5.54. The molecule has 0 spiro atoms. The van der Waals surface area contributed by atoms with Crippen molar-refractivity contribution in [3.05, 3.63) is 54.1 Å². The molecule has 0 aliphatic carbocycles. The molecule has 1 heterocycles. The van der Waals surface area contributed by atoms with Crippen LogP contribution in [0.15, 0.2) is 42.7 Å². The molecule has 1 aromatic carbocycles. The molecule has 1 amide bonds. The molecule has 20 heavy (non-hydrogen) atoms. The Labute approximate surface area is 123 Å². The Morgan fingerprint density at radius 2 is 2.15 bits per heavy atom. The first kappa shape index (κ1) is 14.7. The SMILES string of the molecule is CSCCC(=O)N[C@H](c1ccccc1)c1nccn1C. The van der Waals surface area contributed by atoms with Crippen LogP contribution in [0, 0.1) is 0 Å². The van der Waals surface area contributed by atoms with Crippen molar-refractivity contribution in [2.75, 3.05) is 12.0 Å². The third kappa shape index (κ3) is 3.63. The highest BCUT2D eigenvalue weighted by molar-refractivity contribution is 7.98. The predicted molar refractivity (Wildman–Crippen MR) is 82.6 cm³/mol. The Morgan fingerprint density at radius 1 is 1.40 bits per heavy atom. The number of hydrogen-bond acceptors (Lipinski definition) is 3. The minimum absolute atomic E-state index is 0.0520. The molecule has 2 aromatic rings. The summed E-state index contributed by atoms with van der Waals surface area (Å²) in [7, 11) is 1.94. The van der Waals surface area contributed by atoms with Crippen molar-refractivity contribution >= 4 is 17.7 Å². The molecule has 0 radical (unpaired) electrons. The Bertz CT molecular complexity index is 553. The number of nitrogens with zero attached hydrogens (tertiary/aromatic N) is 2. The van der Waals surface area contributed by atoms with E-state index in [0.29, 0.717) is 6.42 Å². The predicted octanol–water partition coefficient (Wildman–Crippen LogP) is 2.38. The summed E-state index contributed by atoms with van der Waals surface area (Å²) in [5, 5.41) is 3.08. The molecule has 0 saturated heterocycles. The number of imidazole rings is 1. The Hall–Kier alpha value is -1.75. The lowest BCUT2D eigenvalue weighted by Gasteiger charge is -2.19. The first-order valence-electron chi connectivity index (χ1n) is 6.53. The summed E-state index contributed by atoms with van der Waals surface area (Å²) in [4.78, 5) is 16.4. The van der Waals surface area contributed by atoms with Gasteiger partial charge in [0.25, 0.3) is 0 Å². The van der Waals surface area contributed by atoms with Crippen molar-refractivity contribution in [3.63, 3.8) is 0 Å². The van der Waals surface area contributed by atoms with Gasteiger partial charge in [-0.15, -0.1) is 0 Å². The number of thioether (sulfide) groups is 1. The first-order chi connectivity index (χ1) is 9.72. The van der Waals surface area contributed by atoms with E-state index in [1.54, 1.807) is 18.0 Å². The van der Waals surface area contributed by atoms with Gasteiger partial charge in [0.15, 0.2) is 0 Å². The minimum Gasteiger partial charge on any atom is -0.342 e. The molecule has 1 atom stereocenters. The number of aryl methyl sites for hydroxylation is 1. The molecule has 0 bridgehead atoms. The van der Waals surface area contributed by atoms with E-state index in [0.717, 1.165) is 17.1 Å². The topological polar surface area (TPSA) is 46.9 Å². The molecule has 106 valence electrons. The Balaban J connectivity index is 2.22. The maximum atomic E-state index is 12.0. The molecule has 4 nitrogen and oxygen atoms in total. The number of aromatic nitrogens is 2. The van der Waals surface area contributed by atoms with Gasteiger partial charge >= 0.3 is 0 Å². The van der Waals surface area contributed by atoms with Gasteiger partial charge in [0.05, 0.1) is 0 Å². The van der Waals surface area contributed by atoms with E-state index in [2.05, 4.69) is 10.3 Å². The van der Waals surface area contributed by atoms with E-state index in [4.69, 9.17) is 0 Å². The Morgan fingerprint density at radius 3 is 2.75 bits per heavy atom. The van der Waals surface area contributed by atoms with Crippen molar-refractivity contribution in [1.29, 1.82) is 0 Å². The second kappa shape index (κ2) is 7.14. The van der Waals surface area contributed by atoms with E-state index in [-0.39, 0.29) is 11.9 Å². The van der Waals surface area contributed by atoms with Crippen LogP contribution >= 0.6 is 11.8 Å². The van der Waals surface area contributed by atoms with Crippen molar-refractivity contribution in [2.45, 2.75) is 12.5 Å². The standard InChI is InChI=1S/C15H19N3OS/c1-18-10-9-16-15(18)14(12-6-4-3-5-7-12)17-13(19)8-11-20-2/h3-7,9-10,14H,8,11H2,1-2H3,(H,17,19)/t14-/m1/s1. The molecule has 0 fully saturated rings. The van der Waals surface area contributed by atoms with Gasteiger partial charge in [-0.1, -0.05) is 30.3 Å². The Kier molecular flexibility index (Phi) is 5.24. The van der Waals surface area contributed by atoms with Crippen LogP contribution in [0.5, 0.6) is 0 Å². The molecule has 2 rings (SSSR count). The number of carbonyl (C=O) groups is 1. The van der Waals surface area contributed by atoms with Crippen LogP contribution in [0.4, 0.5) is 0 Å². The van der Waals surface area contributed by atoms with Crippen LogP contribution in [0.1, 0.15) is 23.9 Å². The van der Waals surface area contributed by atoms with Crippen molar-refractivity contribution in [3.8, 4) is 0 Å². The molecule has 0 aliphatic heterocycles. The monoisotopic (exact) mass is 289 g/mol. The molecule has 1 aromatic heterocycles. The minimum atomic E-state index is -0.203. The molecular weight excluding hydrogens is 270 g/mol. The van der Waals surface area contributed by atoms with Gasteiger partial charge in [-0.05, 0) is 11.8 Å². The summed E-state index contributed by atoms with van der Waals surface area (Å²) < 4.78 is 1.94. The lowest BCUT2D eigenvalue weighted by Crippen LogP contribution is -2.31. The van der Waals surface area contributed by atoms with Gasteiger partial charge in [-0.2, -0.15) is 11.8 Å². The fraction of sp³-hybridized carbons (Fsp3) is 0.333. The van der Waals surface area contributed by atoms with E-state index < -0.39 is 0 Å². The van der Waals surface area contributed by atoms with E-state index in [9.17, 15) is 4.79 Å². The zero-order valence-corrected chi connectivity index (χ0v) is 12.6. The molecule has 0 unspecified atom stereocenters. The molecule has 0 aliphatic rings. The maximum Gasteiger partial charge on any atom is 0.221 e. The van der Waals surface area contributed by atoms with Crippen LogP contribution in [0.2, 0.25) is 0 Å². The summed E-state index contributed by atoms with van der Waals surface area (Å²) in [5.74, 6) is 1.72. The van der Waals surface area contributed by atoms with Crippen molar-refractivity contribution in [2.24, 2.45) is 7.05 Å². The van der Waals surface area contributed by atoms with E-state index in [1.165, 1.54) is 0 Å². The van der Waals surface area contributed by atoms with Gasteiger partial charge < -0.3 is 9.88 Å². The molecule has 5 heteroatoms. The van der Waals surface area contributed by atoms with Gasteiger partial charge in [-0.25, -0.2) is 4.98 Å². The lowest BCUT2D eigenvalue weighted by atomic mass is 10.1. The van der Waals surface area contributed by atoms with Crippen LogP contribution in [-0.2, 0) is 11.8 Å². The van der Waals surface area contributed by atoms with Gasteiger partial charge in [0, 0.05) is 31.6 Å². The van der Waals surface area contributed by atoms with Gasteiger partial charge in [0.2, 0.25) is 5.91 Å². The number of carbonyl (C=O) groups excluding carboxylic acids is 1. The first-order valence-corrected chi connectivity index (χ1v) is 7.92. The third-order valence-electron chi connectivity index (χ3n) is 3.09. The quantitative estimate of drug-likeness (QED) is 0.888. The summed E-state index contributed by atoms with van der Waals surface area (Å²) in [5.41, 5.74) is 1.04. The second-order valence-electron chi connectivity index (χ2n) is 4.55. The molecule has 0 saturated carbocycles. The maximum absolute atomic E-state index is 12.0. The smallest absolute Gasteiger partial charge is 0.221 e. The van der Waals surface area contributed by atoms with Crippen LogP contribution < -0.4 is 5.32 Å². The summed E-state index contributed by atoms with van der Waals surface area (Å²) in [6, 6.07) is 9.72. The average Bonchev–Trinajstić information content (AvgIpc) is 2.89. The largest absolute Gasteiger partial charge is 0.342 e. The number of nitrogens with one attached hydrogen (secondary N) is 1. The summed E-state index contributed by atoms with van der Waals surface area (Å²) >= 11 is 1.67. The third-order valence-corrected chi connectivity index (χ3v) is 3.70. The summed E-state index contributed by atoms with van der Waals surface area (Å²) in [6.07, 6.45) is 6.16. The average molecular weight is 289 g/mol. The molecular formula is C15H19N3OS. The van der Waals surface area contributed by atoms with Crippen LogP contribution in [0.3, 0.4) is 0 Å². The zero-order chi connectivity index (χ0) is 14.4. The van der Waals surface area contributed by atoms with E-state index >= 15 is 0 Å². The van der Waals surface area contributed by atoms with Crippen LogP contribution in [-0.4, -0.2) is 27.5 Å². The van der Waals surface area contributed by atoms with Gasteiger partial charge in [-0.3, -0.25) is 4.79 Å². The van der Waals surface area contributed by atoms with E-state index in [1.807, 2.05) is 54.4 Å².